The number of hydrogen-bond donors (Lipinski definition) is 1. The number of esters is 1. The predicted octanol–water partition coefficient (Wildman–Crippen LogP) is 2.78. The minimum absolute atomic E-state index is 0.157. The van der Waals surface area contributed by atoms with Gasteiger partial charge in [-0.2, -0.15) is 0 Å². The van der Waals surface area contributed by atoms with E-state index in [1.54, 1.807) is 7.05 Å². The van der Waals surface area contributed by atoms with Crippen molar-refractivity contribution in [2.24, 2.45) is 7.05 Å². The highest BCUT2D eigenvalue weighted by Crippen LogP contribution is 2.26. The van der Waals surface area contributed by atoms with E-state index in [4.69, 9.17) is 9.47 Å². The Balaban J connectivity index is 2.12. The summed E-state index contributed by atoms with van der Waals surface area (Å²) >= 11 is 0. The molecule has 3 aromatic rings. The maximum absolute atomic E-state index is 12.7. The van der Waals surface area contributed by atoms with Gasteiger partial charge in [-0.15, -0.1) is 0 Å². The van der Waals surface area contributed by atoms with Gasteiger partial charge in [0.1, 0.15) is 0 Å². The summed E-state index contributed by atoms with van der Waals surface area (Å²) in [4.78, 5) is 29.1. The lowest BCUT2D eigenvalue weighted by molar-refractivity contribution is 0.0589. The Hall–Kier alpha value is -3.61. The molecule has 0 saturated heterocycles. The second kappa shape index (κ2) is 8.39. The minimum atomic E-state index is -0.742. The number of carbonyl (C=O) groups is 1. The zero-order valence-electron chi connectivity index (χ0n) is 15.9. The van der Waals surface area contributed by atoms with E-state index in [1.807, 2.05) is 60.7 Å². The Bertz CT molecular complexity index is 978. The van der Waals surface area contributed by atoms with E-state index in [1.165, 1.54) is 18.8 Å². The molecule has 7 nitrogen and oxygen atoms in total. The number of carbonyl (C=O) groups excluding carboxylic acids is 1. The fourth-order valence-electron chi connectivity index (χ4n) is 2.91. The molecule has 144 valence electrons. The van der Waals surface area contributed by atoms with Crippen LogP contribution in [0.25, 0.3) is 0 Å². The van der Waals surface area contributed by atoms with Gasteiger partial charge in [0, 0.05) is 7.05 Å². The Kier molecular flexibility index (Phi) is 5.74. The third-order valence-electron chi connectivity index (χ3n) is 4.37. The van der Waals surface area contributed by atoms with Crippen LogP contribution in [0.4, 0.5) is 5.95 Å². The third kappa shape index (κ3) is 3.73. The van der Waals surface area contributed by atoms with Crippen LogP contribution in [-0.2, 0) is 11.8 Å². The molecule has 0 fully saturated rings. The van der Waals surface area contributed by atoms with Gasteiger partial charge in [-0.05, 0) is 11.1 Å². The van der Waals surface area contributed by atoms with Crippen molar-refractivity contribution in [1.82, 2.24) is 9.55 Å². The summed E-state index contributed by atoms with van der Waals surface area (Å²) in [6.07, 6.45) is 0. The molecule has 0 amide bonds. The SMILES string of the molecule is COC(=O)c1nc(NC(c2ccccc2)c2ccccc2)n(C)c(=O)c1OC. The topological polar surface area (TPSA) is 82.5 Å². The Morgan fingerprint density at radius 1 is 1.00 bits per heavy atom. The van der Waals surface area contributed by atoms with Crippen molar-refractivity contribution in [3.63, 3.8) is 0 Å². The smallest absolute Gasteiger partial charge is 0.360 e. The molecule has 1 aromatic heterocycles. The zero-order valence-corrected chi connectivity index (χ0v) is 15.9. The molecule has 0 aliphatic rings. The molecule has 0 aliphatic carbocycles. The first-order valence-electron chi connectivity index (χ1n) is 8.66. The van der Waals surface area contributed by atoms with Crippen LogP contribution in [0, 0.1) is 0 Å². The molecule has 0 unspecified atom stereocenters. The van der Waals surface area contributed by atoms with Gasteiger partial charge in [0.25, 0.3) is 5.56 Å². The van der Waals surface area contributed by atoms with Gasteiger partial charge in [-0.1, -0.05) is 60.7 Å². The number of anilines is 1. The highest BCUT2D eigenvalue weighted by atomic mass is 16.5. The summed E-state index contributed by atoms with van der Waals surface area (Å²) in [5, 5.41) is 3.28. The fourth-order valence-corrected chi connectivity index (χ4v) is 2.91. The quantitative estimate of drug-likeness (QED) is 0.663. The van der Waals surface area contributed by atoms with Crippen LogP contribution in [0.5, 0.6) is 5.75 Å². The summed E-state index contributed by atoms with van der Waals surface area (Å²) in [5.74, 6) is -0.673. The first-order chi connectivity index (χ1) is 13.6. The fraction of sp³-hybridized carbons (Fsp3) is 0.190. The van der Waals surface area contributed by atoms with Gasteiger partial charge in [0.05, 0.1) is 20.3 Å². The largest absolute Gasteiger partial charge is 0.489 e. The van der Waals surface area contributed by atoms with E-state index in [-0.39, 0.29) is 23.4 Å². The Morgan fingerprint density at radius 3 is 2.00 bits per heavy atom. The maximum atomic E-state index is 12.7. The molecule has 1 N–H and O–H groups in total. The summed E-state index contributed by atoms with van der Waals surface area (Å²) in [6, 6.07) is 19.3. The average Bonchev–Trinajstić information content (AvgIpc) is 2.75. The van der Waals surface area contributed by atoms with Crippen molar-refractivity contribution in [2.45, 2.75) is 6.04 Å². The van der Waals surface area contributed by atoms with Crippen LogP contribution >= 0.6 is 0 Å². The molecular formula is C21H21N3O4. The van der Waals surface area contributed by atoms with E-state index in [0.717, 1.165) is 11.1 Å². The Morgan fingerprint density at radius 2 is 1.54 bits per heavy atom. The van der Waals surface area contributed by atoms with Gasteiger partial charge >= 0.3 is 5.97 Å². The number of benzene rings is 2. The average molecular weight is 379 g/mol. The second-order valence-electron chi connectivity index (χ2n) is 6.07. The molecule has 0 aliphatic heterocycles. The minimum Gasteiger partial charge on any atom is -0.489 e. The third-order valence-corrected chi connectivity index (χ3v) is 4.37. The standard InChI is InChI=1S/C21H21N3O4/c1-24-19(25)18(27-2)17(20(26)28-3)23-21(24)22-16(14-10-6-4-7-11-14)15-12-8-5-9-13-15/h4-13,16H,1-3H3,(H,22,23). The zero-order chi connectivity index (χ0) is 20.1. The van der Waals surface area contributed by atoms with Crippen LogP contribution < -0.4 is 15.6 Å². The number of hydrogen-bond acceptors (Lipinski definition) is 6. The van der Waals surface area contributed by atoms with Crippen molar-refractivity contribution in [3.05, 3.63) is 87.8 Å². The van der Waals surface area contributed by atoms with E-state index < -0.39 is 11.5 Å². The monoisotopic (exact) mass is 379 g/mol. The number of rotatable bonds is 6. The van der Waals surface area contributed by atoms with Crippen molar-refractivity contribution in [2.75, 3.05) is 19.5 Å². The van der Waals surface area contributed by atoms with Crippen molar-refractivity contribution < 1.29 is 14.3 Å². The molecule has 1 heterocycles. The van der Waals surface area contributed by atoms with Crippen LogP contribution in [0.15, 0.2) is 65.5 Å². The number of methoxy groups -OCH3 is 2. The highest BCUT2D eigenvalue weighted by Gasteiger charge is 2.24. The molecule has 2 aromatic carbocycles. The lowest BCUT2D eigenvalue weighted by Crippen LogP contribution is -2.28. The maximum Gasteiger partial charge on any atom is 0.360 e. The molecule has 28 heavy (non-hydrogen) atoms. The van der Waals surface area contributed by atoms with Gasteiger partial charge in [0.2, 0.25) is 11.7 Å². The summed E-state index contributed by atoms with van der Waals surface area (Å²) in [5.41, 5.74) is 1.31. The normalized spacial score (nSPS) is 10.6. The van der Waals surface area contributed by atoms with Gasteiger partial charge in [-0.25, -0.2) is 9.78 Å². The summed E-state index contributed by atoms with van der Waals surface area (Å²) in [7, 11) is 4.10. The highest BCUT2D eigenvalue weighted by molar-refractivity contribution is 5.90. The van der Waals surface area contributed by atoms with Crippen molar-refractivity contribution in [1.29, 1.82) is 0 Å². The molecule has 0 bridgehead atoms. The lowest BCUT2D eigenvalue weighted by Gasteiger charge is -2.22. The molecule has 0 atom stereocenters. The summed E-state index contributed by atoms with van der Waals surface area (Å²) < 4.78 is 11.1. The van der Waals surface area contributed by atoms with Crippen LogP contribution in [0.3, 0.4) is 0 Å². The van der Waals surface area contributed by atoms with Crippen LogP contribution in [0.2, 0.25) is 0 Å². The first kappa shape index (κ1) is 19.2. The van der Waals surface area contributed by atoms with Gasteiger partial charge in [0.15, 0.2) is 5.69 Å². The van der Waals surface area contributed by atoms with Crippen LogP contribution in [0.1, 0.15) is 27.7 Å². The van der Waals surface area contributed by atoms with E-state index in [2.05, 4.69) is 10.3 Å². The van der Waals surface area contributed by atoms with E-state index in [0.29, 0.717) is 0 Å². The van der Waals surface area contributed by atoms with Crippen LogP contribution in [-0.4, -0.2) is 29.7 Å². The molecule has 7 heteroatoms. The summed E-state index contributed by atoms with van der Waals surface area (Å²) in [6.45, 7) is 0. The number of ether oxygens (including phenoxy) is 2. The van der Waals surface area contributed by atoms with E-state index in [9.17, 15) is 9.59 Å². The van der Waals surface area contributed by atoms with Gasteiger partial charge < -0.3 is 14.8 Å². The number of nitrogens with one attached hydrogen (secondary N) is 1. The number of nitrogens with zero attached hydrogens (tertiary/aromatic N) is 2. The van der Waals surface area contributed by atoms with E-state index >= 15 is 0 Å². The molecule has 0 radical (unpaired) electrons. The molecule has 0 spiro atoms. The lowest BCUT2D eigenvalue weighted by atomic mass is 9.99. The van der Waals surface area contributed by atoms with Crippen molar-refractivity contribution in [3.8, 4) is 5.75 Å². The Labute approximate surface area is 162 Å². The molecule has 0 saturated carbocycles. The first-order valence-corrected chi connectivity index (χ1v) is 8.66. The number of aromatic nitrogens is 2. The second-order valence-corrected chi connectivity index (χ2v) is 6.07. The molecular weight excluding hydrogens is 358 g/mol. The predicted molar refractivity (Wildman–Crippen MR) is 106 cm³/mol. The van der Waals surface area contributed by atoms with Gasteiger partial charge in [-0.3, -0.25) is 9.36 Å². The van der Waals surface area contributed by atoms with Crippen molar-refractivity contribution >= 4 is 11.9 Å². The molecule has 3 rings (SSSR count).